The number of aromatic nitrogens is 2. The van der Waals surface area contributed by atoms with Crippen LogP contribution in [0.5, 0.6) is 0 Å². The molecule has 0 fully saturated rings. The monoisotopic (exact) mass is 341 g/mol. The average molecular weight is 343 g/mol. The van der Waals surface area contributed by atoms with E-state index in [1.807, 2.05) is 19.9 Å². The van der Waals surface area contributed by atoms with Crippen LogP contribution in [0.15, 0.2) is 28.7 Å². The second kappa shape index (κ2) is 5.75. The number of amides is 1. The summed E-state index contributed by atoms with van der Waals surface area (Å²) in [6.45, 7) is 4.02. The summed E-state index contributed by atoms with van der Waals surface area (Å²) < 4.78 is 2.42. The molecule has 1 aromatic carbocycles. The molecule has 1 aromatic heterocycles. The van der Waals surface area contributed by atoms with E-state index in [2.05, 4.69) is 26.3 Å². The molecule has 1 amide bonds. The first kappa shape index (κ1) is 14.1. The van der Waals surface area contributed by atoms with Gasteiger partial charge >= 0.3 is 0 Å². The Bertz CT molecular complexity index is 624. The third-order valence-corrected chi connectivity index (χ3v) is 3.81. The molecule has 0 bridgehead atoms. The summed E-state index contributed by atoms with van der Waals surface area (Å²) in [4.78, 5) is 11.9. The van der Waals surface area contributed by atoms with E-state index in [4.69, 9.17) is 11.6 Å². The second-order valence-corrected chi connectivity index (χ2v) is 5.52. The highest BCUT2D eigenvalue weighted by Gasteiger charge is 2.08. The van der Waals surface area contributed by atoms with Gasteiger partial charge in [0, 0.05) is 15.9 Å². The molecule has 1 N–H and O–H groups in total. The Kier molecular flexibility index (Phi) is 4.27. The van der Waals surface area contributed by atoms with Crippen LogP contribution in [-0.2, 0) is 11.3 Å². The molecule has 2 aromatic rings. The third-order valence-electron chi connectivity index (χ3n) is 2.60. The topological polar surface area (TPSA) is 46.9 Å². The minimum Gasteiger partial charge on any atom is -0.324 e. The van der Waals surface area contributed by atoms with Crippen molar-refractivity contribution in [2.45, 2.75) is 20.4 Å². The van der Waals surface area contributed by atoms with Crippen molar-refractivity contribution in [2.24, 2.45) is 0 Å². The van der Waals surface area contributed by atoms with Gasteiger partial charge < -0.3 is 5.32 Å². The maximum absolute atomic E-state index is 11.9. The summed E-state index contributed by atoms with van der Waals surface area (Å²) in [5, 5.41) is 7.66. The van der Waals surface area contributed by atoms with Crippen LogP contribution in [-0.4, -0.2) is 15.7 Å². The summed E-state index contributed by atoms with van der Waals surface area (Å²) in [6, 6.07) is 7.18. The molecular weight excluding hydrogens is 330 g/mol. The number of hydrogen-bond donors (Lipinski definition) is 1. The Morgan fingerprint density at radius 1 is 1.42 bits per heavy atom. The van der Waals surface area contributed by atoms with E-state index in [0.29, 0.717) is 10.7 Å². The van der Waals surface area contributed by atoms with Crippen molar-refractivity contribution in [2.75, 3.05) is 5.32 Å². The standard InChI is InChI=1S/C13H13BrClN3O/c1-8-5-9(2)18(17-8)7-13(19)16-10-3-4-12(15)11(14)6-10/h3-6H,7H2,1-2H3,(H,16,19). The second-order valence-electron chi connectivity index (χ2n) is 4.26. The fourth-order valence-corrected chi connectivity index (χ4v) is 2.24. The van der Waals surface area contributed by atoms with Crippen LogP contribution < -0.4 is 5.32 Å². The van der Waals surface area contributed by atoms with Crippen molar-refractivity contribution in [3.63, 3.8) is 0 Å². The normalized spacial score (nSPS) is 10.5. The number of anilines is 1. The summed E-state index contributed by atoms with van der Waals surface area (Å²) in [5.41, 5.74) is 2.56. The molecule has 19 heavy (non-hydrogen) atoms. The lowest BCUT2D eigenvalue weighted by Gasteiger charge is -2.07. The summed E-state index contributed by atoms with van der Waals surface area (Å²) in [5.74, 6) is -0.125. The number of aryl methyl sites for hydroxylation is 2. The Balaban J connectivity index is 2.05. The minimum absolute atomic E-state index is 0.125. The van der Waals surface area contributed by atoms with E-state index < -0.39 is 0 Å². The maximum Gasteiger partial charge on any atom is 0.246 e. The first-order valence-corrected chi connectivity index (χ1v) is 6.89. The van der Waals surface area contributed by atoms with Gasteiger partial charge in [0.1, 0.15) is 6.54 Å². The van der Waals surface area contributed by atoms with Crippen LogP contribution >= 0.6 is 27.5 Å². The Morgan fingerprint density at radius 2 is 2.16 bits per heavy atom. The van der Waals surface area contributed by atoms with Crippen molar-refractivity contribution in [1.29, 1.82) is 0 Å². The summed E-state index contributed by atoms with van der Waals surface area (Å²) in [6.07, 6.45) is 0. The van der Waals surface area contributed by atoms with Crippen LogP contribution in [0.1, 0.15) is 11.4 Å². The Labute approximate surface area is 124 Å². The zero-order chi connectivity index (χ0) is 14.0. The molecule has 0 saturated heterocycles. The van der Waals surface area contributed by atoms with Gasteiger partial charge in [-0.15, -0.1) is 0 Å². The molecule has 0 aliphatic heterocycles. The Morgan fingerprint density at radius 3 is 2.74 bits per heavy atom. The van der Waals surface area contributed by atoms with Crippen molar-refractivity contribution in [3.05, 3.63) is 45.1 Å². The molecule has 1 heterocycles. The van der Waals surface area contributed by atoms with E-state index in [9.17, 15) is 4.79 Å². The smallest absolute Gasteiger partial charge is 0.246 e. The van der Waals surface area contributed by atoms with E-state index >= 15 is 0 Å². The van der Waals surface area contributed by atoms with E-state index in [0.717, 1.165) is 15.9 Å². The van der Waals surface area contributed by atoms with E-state index in [1.165, 1.54) is 0 Å². The van der Waals surface area contributed by atoms with Gasteiger partial charge in [-0.1, -0.05) is 11.6 Å². The maximum atomic E-state index is 11.9. The van der Waals surface area contributed by atoms with Crippen LogP contribution in [0.4, 0.5) is 5.69 Å². The van der Waals surface area contributed by atoms with Gasteiger partial charge in [-0.25, -0.2) is 0 Å². The lowest BCUT2D eigenvalue weighted by Crippen LogP contribution is -2.20. The SMILES string of the molecule is Cc1cc(C)n(CC(=O)Nc2ccc(Cl)c(Br)c2)n1. The number of nitrogens with one attached hydrogen (secondary N) is 1. The van der Waals surface area contributed by atoms with E-state index in [-0.39, 0.29) is 12.5 Å². The zero-order valence-corrected chi connectivity index (χ0v) is 12.9. The fraction of sp³-hybridized carbons (Fsp3) is 0.231. The lowest BCUT2D eigenvalue weighted by atomic mass is 10.3. The number of halogens is 2. The van der Waals surface area contributed by atoms with Gasteiger partial charge in [0.25, 0.3) is 0 Å². The molecule has 0 spiro atoms. The highest BCUT2D eigenvalue weighted by Crippen LogP contribution is 2.25. The summed E-state index contributed by atoms with van der Waals surface area (Å²) in [7, 11) is 0. The fourth-order valence-electron chi connectivity index (χ4n) is 1.75. The van der Waals surface area contributed by atoms with Gasteiger partial charge in [-0.3, -0.25) is 9.48 Å². The van der Waals surface area contributed by atoms with Crippen molar-refractivity contribution in [3.8, 4) is 0 Å². The van der Waals surface area contributed by atoms with Gasteiger partial charge in [-0.05, 0) is 54.0 Å². The lowest BCUT2D eigenvalue weighted by molar-refractivity contribution is -0.116. The van der Waals surface area contributed by atoms with Crippen molar-refractivity contribution >= 4 is 39.1 Å². The number of carbonyl (C=O) groups is 1. The largest absolute Gasteiger partial charge is 0.324 e. The molecule has 0 aliphatic carbocycles. The van der Waals surface area contributed by atoms with Crippen LogP contribution in [0.3, 0.4) is 0 Å². The number of rotatable bonds is 3. The molecule has 0 aliphatic rings. The Hall–Kier alpha value is -1.33. The molecule has 0 atom stereocenters. The quantitative estimate of drug-likeness (QED) is 0.927. The number of nitrogens with zero attached hydrogens (tertiary/aromatic N) is 2. The third kappa shape index (κ3) is 3.58. The molecule has 100 valence electrons. The van der Waals surface area contributed by atoms with Crippen molar-refractivity contribution in [1.82, 2.24) is 9.78 Å². The van der Waals surface area contributed by atoms with Gasteiger partial charge in [0.2, 0.25) is 5.91 Å². The minimum atomic E-state index is -0.125. The van der Waals surface area contributed by atoms with Crippen LogP contribution in [0, 0.1) is 13.8 Å². The van der Waals surface area contributed by atoms with Crippen LogP contribution in [0.25, 0.3) is 0 Å². The van der Waals surface area contributed by atoms with Crippen LogP contribution in [0.2, 0.25) is 5.02 Å². The molecule has 0 saturated carbocycles. The molecule has 2 rings (SSSR count). The van der Waals surface area contributed by atoms with Crippen molar-refractivity contribution < 1.29 is 4.79 Å². The summed E-state index contributed by atoms with van der Waals surface area (Å²) >= 11 is 9.21. The predicted octanol–water partition coefficient (Wildman–Crippen LogP) is 3.55. The highest BCUT2D eigenvalue weighted by molar-refractivity contribution is 9.10. The predicted molar refractivity (Wildman–Crippen MR) is 79.5 cm³/mol. The molecule has 6 heteroatoms. The molecule has 0 radical (unpaired) electrons. The number of carbonyl (C=O) groups excluding carboxylic acids is 1. The van der Waals surface area contributed by atoms with E-state index in [1.54, 1.807) is 22.9 Å². The first-order valence-electron chi connectivity index (χ1n) is 5.71. The van der Waals surface area contributed by atoms with Gasteiger partial charge in [0.05, 0.1) is 10.7 Å². The first-order chi connectivity index (χ1) is 8.95. The molecule has 4 nitrogen and oxygen atoms in total. The number of hydrogen-bond acceptors (Lipinski definition) is 2. The number of benzene rings is 1. The highest BCUT2D eigenvalue weighted by atomic mass is 79.9. The molecular formula is C13H13BrClN3O. The van der Waals surface area contributed by atoms with Gasteiger partial charge in [-0.2, -0.15) is 5.10 Å². The molecule has 0 unspecified atom stereocenters. The average Bonchev–Trinajstić information content (AvgIpc) is 2.62. The van der Waals surface area contributed by atoms with Gasteiger partial charge in [0.15, 0.2) is 0 Å². The zero-order valence-electron chi connectivity index (χ0n) is 10.6.